The molecule has 0 saturated heterocycles. The Morgan fingerprint density at radius 3 is 2.57 bits per heavy atom. The van der Waals surface area contributed by atoms with Crippen LogP contribution in [0, 0.1) is 19.7 Å². The van der Waals surface area contributed by atoms with E-state index < -0.39 is 5.97 Å². The van der Waals surface area contributed by atoms with E-state index >= 15 is 0 Å². The number of halogens is 1. The number of carboxylic acids is 1. The summed E-state index contributed by atoms with van der Waals surface area (Å²) in [4.78, 5) is 18.7. The minimum atomic E-state index is -1.05. The highest BCUT2D eigenvalue weighted by atomic mass is 19.1. The molecule has 0 saturated carbocycles. The zero-order valence-electron chi connectivity index (χ0n) is 11.9. The van der Waals surface area contributed by atoms with Crippen LogP contribution < -0.4 is 5.32 Å². The number of hydrogen-bond donors (Lipinski definition) is 2. The van der Waals surface area contributed by atoms with Crippen LogP contribution >= 0.6 is 0 Å². The number of carbonyl (C=O) groups is 1. The van der Waals surface area contributed by atoms with Crippen LogP contribution in [0.15, 0.2) is 24.7 Å². The molecule has 5 nitrogen and oxygen atoms in total. The molecule has 1 aromatic carbocycles. The van der Waals surface area contributed by atoms with Gasteiger partial charge in [0.2, 0.25) is 0 Å². The van der Waals surface area contributed by atoms with Gasteiger partial charge in [0, 0.05) is 19.3 Å². The van der Waals surface area contributed by atoms with Crippen molar-refractivity contribution >= 4 is 5.97 Å². The summed E-state index contributed by atoms with van der Waals surface area (Å²) in [5, 5.41) is 12.1. The second-order valence-electron chi connectivity index (χ2n) is 4.84. The number of benzene rings is 1. The lowest BCUT2D eigenvalue weighted by Crippen LogP contribution is -2.17. The maximum Gasteiger partial charge on any atom is 0.339 e. The van der Waals surface area contributed by atoms with Crippen molar-refractivity contribution in [2.45, 2.75) is 26.9 Å². The van der Waals surface area contributed by atoms with E-state index in [1.54, 1.807) is 26.0 Å². The molecule has 110 valence electrons. The molecule has 0 bridgehead atoms. The van der Waals surface area contributed by atoms with Gasteiger partial charge >= 0.3 is 5.97 Å². The van der Waals surface area contributed by atoms with Gasteiger partial charge in [-0.05, 0) is 30.5 Å². The first-order valence-electron chi connectivity index (χ1n) is 6.47. The monoisotopic (exact) mass is 289 g/mol. The summed E-state index contributed by atoms with van der Waals surface area (Å²) in [5.74, 6) is -1.25. The second-order valence-corrected chi connectivity index (χ2v) is 4.84. The van der Waals surface area contributed by atoms with E-state index in [-0.39, 0.29) is 11.4 Å². The molecule has 0 radical (unpaired) electrons. The fraction of sp³-hybridized carbons (Fsp3) is 0.267. The first-order valence-corrected chi connectivity index (χ1v) is 6.47. The van der Waals surface area contributed by atoms with Crippen molar-refractivity contribution in [3.63, 3.8) is 0 Å². The quantitative estimate of drug-likeness (QED) is 0.882. The number of aromatic nitrogens is 2. The van der Waals surface area contributed by atoms with Gasteiger partial charge in [0.15, 0.2) is 0 Å². The van der Waals surface area contributed by atoms with Crippen molar-refractivity contribution in [2.75, 3.05) is 0 Å². The Morgan fingerprint density at radius 2 is 1.95 bits per heavy atom. The number of nitrogens with one attached hydrogen (secondary N) is 1. The predicted molar refractivity (Wildman–Crippen MR) is 75.4 cm³/mol. The number of carboxylic acid groups (broad SMARTS) is 1. The highest BCUT2D eigenvalue weighted by Gasteiger charge is 2.11. The Morgan fingerprint density at radius 1 is 1.29 bits per heavy atom. The molecule has 0 fully saturated rings. The standard InChI is InChI=1S/C15H16FN3O2/c1-9-3-11(4-10(2)14(9)16)5-17-7-13-12(15(20)21)6-18-8-19-13/h3-4,6,8,17H,5,7H2,1-2H3,(H,20,21). The first kappa shape index (κ1) is 15.1. The van der Waals surface area contributed by atoms with E-state index in [0.717, 1.165) is 5.56 Å². The lowest BCUT2D eigenvalue weighted by Gasteiger charge is -2.09. The summed E-state index contributed by atoms with van der Waals surface area (Å²) in [5.41, 5.74) is 2.64. The molecule has 0 amide bonds. The molecule has 0 aliphatic rings. The third-order valence-corrected chi connectivity index (χ3v) is 3.14. The Labute approximate surface area is 121 Å². The van der Waals surface area contributed by atoms with Gasteiger partial charge in [0.1, 0.15) is 17.7 Å². The average molecular weight is 289 g/mol. The number of rotatable bonds is 5. The van der Waals surface area contributed by atoms with Crippen LogP contribution in [0.3, 0.4) is 0 Å². The van der Waals surface area contributed by atoms with E-state index in [4.69, 9.17) is 5.11 Å². The van der Waals surface area contributed by atoms with Gasteiger partial charge < -0.3 is 10.4 Å². The van der Waals surface area contributed by atoms with Crippen molar-refractivity contribution < 1.29 is 14.3 Å². The Hall–Kier alpha value is -2.34. The highest BCUT2D eigenvalue weighted by molar-refractivity contribution is 5.88. The van der Waals surface area contributed by atoms with Crippen LogP contribution in [0.1, 0.15) is 32.7 Å². The zero-order valence-corrected chi connectivity index (χ0v) is 11.9. The largest absolute Gasteiger partial charge is 0.478 e. The molecule has 1 aromatic heterocycles. The third-order valence-electron chi connectivity index (χ3n) is 3.14. The van der Waals surface area contributed by atoms with E-state index in [0.29, 0.717) is 29.9 Å². The number of aryl methyl sites for hydroxylation is 2. The van der Waals surface area contributed by atoms with Gasteiger partial charge in [-0.1, -0.05) is 12.1 Å². The van der Waals surface area contributed by atoms with Gasteiger partial charge in [-0.3, -0.25) is 0 Å². The number of hydrogen-bond acceptors (Lipinski definition) is 4. The van der Waals surface area contributed by atoms with Gasteiger partial charge in [-0.2, -0.15) is 0 Å². The highest BCUT2D eigenvalue weighted by Crippen LogP contribution is 2.14. The lowest BCUT2D eigenvalue weighted by atomic mass is 10.1. The molecule has 21 heavy (non-hydrogen) atoms. The average Bonchev–Trinajstić information content (AvgIpc) is 2.45. The first-order chi connectivity index (χ1) is 9.99. The molecular formula is C15H16FN3O2. The van der Waals surface area contributed by atoms with Crippen LogP contribution in [0.2, 0.25) is 0 Å². The lowest BCUT2D eigenvalue weighted by molar-refractivity contribution is 0.0694. The second kappa shape index (κ2) is 6.41. The zero-order chi connectivity index (χ0) is 15.4. The smallest absolute Gasteiger partial charge is 0.339 e. The van der Waals surface area contributed by atoms with E-state index in [1.165, 1.54) is 12.5 Å². The summed E-state index contributed by atoms with van der Waals surface area (Å²) in [7, 11) is 0. The van der Waals surface area contributed by atoms with Crippen LogP contribution in [0.5, 0.6) is 0 Å². The molecule has 2 N–H and O–H groups in total. The molecule has 0 aliphatic heterocycles. The maximum atomic E-state index is 13.5. The summed E-state index contributed by atoms with van der Waals surface area (Å²) in [6.45, 7) is 4.25. The van der Waals surface area contributed by atoms with Crippen molar-refractivity contribution in [3.05, 3.63) is 58.4 Å². The Kier molecular flexibility index (Phi) is 4.59. The van der Waals surface area contributed by atoms with Crippen molar-refractivity contribution in [3.8, 4) is 0 Å². The maximum absolute atomic E-state index is 13.5. The third kappa shape index (κ3) is 3.61. The Bertz CT molecular complexity index is 651. The molecule has 1 heterocycles. The van der Waals surface area contributed by atoms with E-state index in [2.05, 4.69) is 15.3 Å². The summed E-state index contributed by atoms with van der Waals surface area (Å²) < 4.78 is 13.5. The van der Waals surface area contributed by atoms with Crippen LogP contribution in [0.25, 0.3) is 0 Å². The minimum Gasteiger partial charge on any atom is -0.478 e. The summed E-state index contributed by atoms with van der Waals surface area (Å²) in [6, 6.07) is 3.54. The van der Waals surface area contributed by atoms with E-state index in [1.807, 2.05) is 0 Å². The van der Waals surface area contributed by atoms with Crippen LogP contribution in [-0.2, 0) is 13.1 Å². The van der Waals surface area contributed by atoms with Crippen molar-refractivity contribution in [1.82, 2.24) is 15.3 Å². The predicted octanol–water partition coefficient (Wildman–Crippen LogP) is 2.22. The number of nitrogens with zero attached hydrogens (tertiary/aromatic N) is 2. The van der Waals surface area contributed by atoms with Gasteiger partial charge in [-0.15, -0.1) is 0 Å². The molecule has 2 rings (SSSR count). The molecule has 0 aliphatic carbocycles. The van der Waals surface area contributed by atoms with Crippen molar-refractivity contribution in [2.24, 2.45) is 0 Å². The summed E-state index contributed by atoms with van der Waals surface area (Å²) >= 11 is 0. The number of aromatic carboxylic acids is 1. The minimum absolute atomic E-state index is 0.0801. The fourth-order valence-corrected chi connectivity index (χ4v) is 2.14. The molecule has 0 unspecified atom stereocenters. The van der Waals surface area contributed by atoms with Gasteiger partial charge in [-0.25, -0.2) is 19.2 Å². The molecule has 2 aromatic rings. The molecular weight excluding hydrogens is 273 g/mol. The van der Waals surface area contributed by atoms with Crippen molar-refractivity contribution in [1.29, 1.82) is 0 Å². The molecule has 6 heteroatoms. The van der Waals surface area contributed by atoms with Crippen LogP contribution in [0.4, 0.5) is 4.39 Å². The van der Waals surface area contributed by atoms with Gasteiger partial charge in [0.05, 0.1) is 5.69 Å². The Balaban J connectivity index is 2.04. The summed E-state index contributed by atoms with van der Waals surface area (Å²) in [6.07, 6.45) is 2.59. The molecule has 0 spiro atoms. The SMILES string of the molecule is Cc1cc(CNCc2ncncc2C(=O)O)cc(C)c1F. The molecule has 0 atom stereocenters. The van der Waals surface area contributed by atoms with Crippen LogP contribution in [-0.4, -0.2) is 21.0 Å². The van der Waals surface area contributed by atoms with Gasteiger partial charge in [0.25, 0.3) is 0 Å². The topological polar surface area (TPSA) is 75.1 Å². The van der Waals surface area contributed by atoms with E-state index in [9.17, 15) is 9.18 Å². The fourth-order valence-electron chi connectivity index (χ4n) is 2.14. The normalized spacial score (nSPS) is 10.6.